The van der Waals surface area contributed by atoms with Crippen molar-refractivity contribution in [3.63, 3.8) is 0 Å². The van der Waals surface area contributed by atoms with Crippen LogP contribution >= 0.6 is 27.5 Å². The lowest BCUT2D eigenvalue weighted by molar-refractivity contribution is -0.120. The molecule has 17 heavy (non-hydrogen) atoms. The van der Waals surface area contributed by atoms with Crippen molar-refractivity contribution >= 4 is 39.1 Å². The number of amides is 1. The molecule has 2 N–H and O–H groups in total. The average Bonchev–Trinajstić information content (AvgIpc) is 2.70. The van der Waals surface area contributed by atoms with Crippen molar-refractivity contribution in [2.45, 2.75) is 6.92 Å². The zero-order chi connectivity index (χ0) is 12.4. The van der Waals surface area contributed by atoms with Gasteiger partial charge in [0, 0.05) is 11.0 Å². The number of rotatable bonds is 2. The summed E-state index contributed by atoms with van der Waals surface area (Å²) in [7, 11) is 0. The Kier molecular flexibility index (Phi) is 4.07. The molecular formula is C12H14BrClN2O. The number of halogens is 2. The number of carbonyl (C=O) groups is 1. The van der Waals surface area contributed by atoms with Gasteiger partial charge in [0.25, 0.3) is 0 Å². The molecule has 1 aromatic rings. The van der Waals surface area contributed by atoms with Gasteiger partial charge in [-0.3, -0.25) is 4.79 Å². The lowest BCUT2D eigenvalue weighted by atomic mass is 9.97. The monoisotopic (exact) mass is 316 g/mol. The van der Waals surface area contributed by atoms with E-state index in [1.165, 1.54) is 0 Å². The van der Waals surface area contributed by atoms with Crippen LogP contribution in [0.2, 0.25) is 5.02 Å². The molecule has 5 heteroatoms. The van der Waals surface area contributed by atoms with Crippen LogP contribution in [0.3, 0.4) is 0 Å². The molecule has 0 aliphatic carbocycles. The van der Waals surface area contributed by atoms with Crippen molar-refractivity contribution in [2.75, 3.05) is 18.4 Å². The molecule has 1 aliphatic heterocycles. The highest BCUT2D eigenvalue weighted by Gasteiger charge is 2.29. The summed E-state index contributed by atoms with van der Waals surface area (Å²) in [5, 5.41) is 6.65. The molecule has 0 saturated carbocycles. The highest BCUT2D eigenvalue weighted by atomic mass is 79.9. The van der Waals surface area contributed by atoms with E-state index in [0.717, 1.165) is 17.6 Å². The number of anilines is 1. The van der Waals surface area contributed by atoms with Crippen molar-refractivity contribution in [1.29, 1.82) is 0 Å². The molecule has 1 amide bonds. The maximum atomic E-state index is 12.1. The molecule has 0 bridgehead atoms. The molecule has 2 rings (SSSR count). The van der Waals surface area contributed by atoms with Crippen LogP contribution in [-0.4, -0.2) is 19.0 Å². The predicted molar refractivity (Wildman–Crippen MR) is 73.3 cm³/mol. The van der Waals surface area contributed by atoms with Crippen LogP contribution in [0.5, 0.6) is 0 Å². The van der Waals surface area contributed by atoms with E-state index in [-0.39, 0.29) is 11.8 Å². The second-order valence-electron chi connectivity index (χ2n) is 4.36. The minimum absolute atomic E-state index is 0.0186. The van der Waals surface area contributed by atoms with Crippen LogP contribution in [0.1, 0.15) is 6.92 Å². The van der Waals surface area contributed by atoms with E-state index < -0.39 is 0 Å². The third-order valence-corrected chi connectivity index (χ3v) is 3.86. The summed E-state index contributed by atoms with van der Waals surface area (Å²) in [5.74, 6) is 0.411. The van der Waals surface area contributed by atoms with Crippen LogP contribution in [-0.2, 0) is 4.79 Å². The van der Waals surface area contributed by atoms with Crippen molar-refractivity contribution < 1.29 is 4.79 Å². The number of hydrogen-bond donors (Lipinski definition) is 2. The van der Waals surface area contributed by atoms with Gasteiger partial charge in [-0.1, -0.05) is 34.5 Å². The Morgan fingerprint density at radius 2 is 2.29 bits per heavy atom. The lowest BCUT2D eigenvalue weighted by Gasteiger charge is -2.15. The maximum Gasteiger partial charge on any atom is 0.229 e. The largest absolute Gasteiger partial charge is 0.324 e. The van der Waals surface area contributed by atoms with Crippen molar-refractivity contribution in [3.05, 3.63) is 27.7 Å². The molecule has 0 aromatic heterocycles. The minimum atomic E-state index is 0.0186. The molecule has 1 aromatic carbocycles. The summed E-state index contributed by atoms with van der Waals surface area (Å²) < 4.78 is 0.898. The fraction of sp³-hybridized carbons (Fsp3) is 0.417. The van der Waals surface area contributed by atoms with E-state index in [1.807, 2.05) is 12.1 Å². The van der Waals surface area contributed by atoms with Crippen molar-refractivity contribution in [1.82, 2.24) is 5.32 Å². The highest BCUT2D eigenvalue weighted by molar-refractivity contribution is 9.10. The van der Waals surface area contributed by atoms with Gasteiger partial charge in [0.15, 0.2) is 0 Å². The van der Waals surface area contributed by atoms with E-state index in [2.05, 4.69) is 33.5 Å². The zero-order valence-electron chi connectivity index (χ0n) is 9.47. The quantitative estimate of drug-likeness (QED) is 0.880. The van der Waals surface area contributed by atoms with Gasteiger partial charge in [-0.25, -0.2) is 0 Å². The Hall–Kier alpha value is -0.580. The zero-order valence-corrected chi connectivity index (χ0v) is 11.8. The van der Waals surface area contributed by atoms with Gasteiger partial charge in [-0.05, 0) is 30.7 Å². The van der Waals surface area contributed by atoms with Gasteiger partial charge >= 0.3 is 0 Å². The molecular weight excluding hydrogens is 304 g/mol. The second kappa shape index (κ2) is 5.38. The van der Waals surface area contributed by atoms with Crippen LogP contribution in [0.25, 0.3) is 0 Å². The van der Waals surface area contributed by atoms with Crippen LogP contribution in [0, 0.1) is 11.8 Å². The van der Waals surface area contributed by atoms with Gasteiger partial charge in [0.1, 0.15) is 0 Å². The topological polar surface area (TPSA) is 41.1 Å². The first kappa shape index (κ1) is 12.9. The van der Waals surface area contributed by atoms with Crippen LogP contribution < -0.4 is 10.6 Å². The van der Waals surface area contributed by atoms with E-state index in [1.54, 1.807) is 6.07 Å². The molecule has 1 heterocycles. The standard InChI is InChI=1S/C12H14BrClN2O/c1-7-5-15-6-9(7)12(17)16-11-4-8(13)2-3-10(11)14/h2-4,7,9,15H,5-6H2,1H3,(H,16,17)/t7-,9-/m1/s1. The Bertz CT molecular complexity index is 439. The fourth-order valence-corrected chi connectivity index (χ4v) is 2.51. The number of nitrogens with one attached hydrogen (secondary N) is 2. The number of hydrogen-bond acceptors (Lipinski definition) is 2. The molecule has 1 fully saturated rings. The third-order valence-electron chi connectivity index (χ3n) is 3.04. The molecule has 1 aliphatic rings. The summed E-state index contributed by atoms with van der Waals surface area (Å²) in [5.41, 5.74) is 0.658. The minimum Gasteiger partial charge on any atom is -0.324 e. The molecule has 2 atom stereocenters. The maximum absolute atomic E-state index is 12.1. The van der Waals surface area contributed by atoms with Gasteiger partial charge < -0.3 is 10.6 Å². The number of carbonyl (C=O) groups excluding carboxylic acids is 1. The SMILES string of the molecule is C[C@@H]1CNC[C@H]1C(=O)Nc1cc(Br)ccc1Cl. The third kappa shape index (κ3) is 3.00. The van der Waals surface area contributed by atoms with Gasteiger partial charge in [-0.15, -0.1) is 0 Å². The van der Waals surface area contributed by atoms with Gasteiger partial charge in [-0.2, -0.15) is 0 Å². The molecule has 0 radical (unpaired) electrons. The molecule has 0 unspecified atom stereocenters. The molecule has 0 spiro atoms. The second-order valence-corrected chi connectivity index (χ2v) is 5.68. The van der Waals surface area contributed by atoms with Crippen LogP contribution in [0.15, 0.2) is 22.7 Å². The van der Waals surface area contributed by atoms with Crippen molar-refractivity contribution in [2.24, 2.45) is 11.8 Å². The van der Waals surface area contributed by atoms with Gasteiger partial charge in [0.05, 0.1) is 16.6 Å². The summed E-state index contributed by atoms with van der Waals surface area (Å²) in [6, 6.07) is 5.42. The first-order valence-corrected chi connectivity index (χ1v) is 6.71. The molecule has 92 valence electrons. The Labute approximate surface area is 114 Å². The fourth-order valence-electron chi connectivity index (χ4n) is 1.98. The highest BCUT2D eigenvalue weighted by Crippen LogP contribution is 2.27. The number of benzene rings is 1. The van der Waals surface area contributed by atoms with Crippen molar-refractivity contribution in [3.8, 4) is 0 Å². The Morgan fingerprint density at radius 1 is 1.53 bits per heavy atom. The lowest BCUT2D eigenvalue weighted by Crippen LogP contribution is -2.27. The van der Waals surface area contributed by atoms with E-state index in [4.69, 9.17) is 11.6 Å². The predicted octanol–water partition coefficient (Wildman–Crippen LogP) is 2.90. The molecule has 1 saturated heterocycles. The summed E-state index contributed by atoms with van der Waals surface area (Å²) in [6.07, 6.45) is 0. The summed E-state index contributed by atoms with van der Waals surface area (Å²) in [6.45, 7) is 3.70. The smallest absolute Gasteiger partial charge is 0.229 e. The first-order chi connectivity index (χ1) is 8.08. The normalized spacial score (nSPS) is 23.7. The van der Waals surface area contributed by atoms with E-state index >= 15 is 0 Å². The first-order valence-electron chi connectivity index (χ1n) is 5.54. The van der Waals surface area contributed by atoms with Crippen LogP contribution in [0.4, 0.5) is 5.69 Å². The average molecular weight is 318 g/mol. The van der Waals surface area contributed by atoms with Gasteiger partial charge in [0.2, 0.25) is 5.91 Å². The Morgan fingerprint density at radius 3 is 2.94 bits per heavy atom. The summed E-state index contributed by atoms with van der Waals surface area (Å²) >= 11 is 9.39. The Balaban J connectivity index is 2.10. The van der Waals surface area contributed by atoms with E-state index in [9.17, 15) is 4.79 Å². The summed E-state index contributed by atoms with van der Waals surface area (Å²) in [4.78, 5) is 12.1. The molecule has 3 nitrogen and oxygen atoms in total. The van der Waals surface area contributed by atoms with E-state index in [0.29, 0.717) is 16.6 Å².